The molecule has 2 atom stereocenters. The van der Waals surface area contributed by atoms with E-state index in [2.05, 4.69) is 4.90 Å². The van der Waals surface area contributed by atoms with Crippen LogP contribution < -0.4 is 0 Å². The molecule has 1 rings (SSSR count). The molecule has 1 N–H and O–H groups in total. The molecule has 0 bridgehead atoms. The minimum Gasteiger partial charge on any atom is -0.481 e. The highest BCUT2D eigenvalue weighted by atomic mass is 16.4. The van der Waals surface area contributed by atoms with Crippen LogP contribution in [0.25, 0.3) is 0 Å². The van der Waals surface area contributed by atoms with Crippen molar-refractivity contribution in [1.29, 1.82) is 0 Å². The van der Waals surface area contributed by atoms with Crippen LogP contribution >= 0.6 is 0 Å². The maximum absolute atomic E-state index is 11.0. The average molecular weight is 199 g/mol. The topological polar surface area (TPSA) is 40.5 Å². The highest BCUT2D eigenvalue weighted by Crippen LogP contribution is 2.32. The van der Waals surface area contributed by atoms with E-state index in [1.807, 2.05) is 14.1 Å². The van der Waals surface area contributed by atoms with Crippen LogP contribution in [0.15, 0.2) is 0 Å². The minimum atomic E-state index is -0.589. The zero-order valence-corrected chi connectivity index (χ0v) is 9.20. The Hall–Kier alpha value is -0.570. The van der Waals surface area contributed by atoms with Gasteiger partial charge < -0.3 is 10.0 Å². The summed E-state index contributed by atoms with van der Waals surface area (Å²) < 4.78 is 0. The Bertz CT molecular complexity index is 192. The first kappa shape index (κ1) is 11.5. The molecule has 0 amide bonds. The zero-order valence-electron chi connectivity index (χ0n) is 9.20. The second-order valence-corrected chi connectivity index (χ2v) is 4.58. The Kier molecular flexibility index (Phi) is 4.39. The van der Waals surface area contributed by atoms with E-state index in [0.717, 1.165) is 32.2 Å². The van der Waals surface area contributed by atoms with Gasteiger partial charge >= 0.3 is 5.97 Å². The van der Waals surface area contributed by atoms with E-state index >= 15 is 0 Å². The maximum atomic E-state index is 11.0. The van der Waals surface area contributed by atoms with Gasteiger partial charge in [-0.05, 0) is 45.8 Å². The summed E-state index contributed by atoms with van der Waals surface area (Å²) in [5, 5.41) is 9.06. The predicted molar refractivity (Wildman–Crippen MR) is 56.3 cm³/mol. The first-order chi connectivity index (χ1) is 6.61. The van der Waals surface area contributed by atoms with Crippen molar-refractivity contribution in [3.63, 3.8) is 0 Å². The Balaban J connectivity index is 2.42. The molecular formula is C11H21NO2. The number of carboxylic acid groups (broad SMARTS) is 1. The van der Waals surface area contributed by atoms with Crippen molar-refractivity contribution in [2.24, 2.45) is 11.8 Å². The summed E-state index contributed by atoms with van der Waals surface area (Å²) in [5.41, 5.74) is 0. The van der Waals surface area contributed by atoms with Gasteiger partial charge in [-0.3, -0.25) is 4.79 Å². The van der Waals surface area contributed by atoms with Crippen molar-refractivity contribution in [2.75, 3.05) is 20.6 Å². The van der Waals surface area contributed by atoms with Crippen molar-refractivity contribution in [1.82, 2.24) is 4.90 Å². The Morgan fingerprint density at radius 3 is 2.57 bits per heavy atom. The van der Waals surface area contributed by atoms with Gasteiger partial charge in [-0.2, -0.15) is 0 Å². The summed E-state index contributed by atoms with van der Waals surface area (Å²) in [7, 11) is 4.08. The third-order valence-electron chi connectivity index (χ3n) is 3.17. The highest BCUT2D eigenvalue weighted by molar-refractivity contribution is 5.70. The van der Waals surface area contributed by atoms with Gasteiger partial charge in [0, 0.05) is 0 Å². The summed E-state index contributed by atoms with van der Waals surface area (Å²) >= 11 is 0. The average Bonchev–Trinajstić information content (AvgIpc) is 2.15. The van der Waals surface area contributed by atoms with Gasteiger partial charge in [-0.25, -0.2) is 0 Å². The number of hydrogen-bond acceptors (Lipinski definition) is 2. The lowest BCUT2D eigenvalue weighted by molar-refractivity contribution is -0.145. The van der Waals surface area contributed by atoms with Gasteiger partial charge in [-0.15, -0.1) is 0 Å². The molecule has 2 unspecified atom stereocenters. The number of rotatable bonds is 4. The van der Waals surface area contributed by atoms with Crippen molar-refractivity contribution in [2.45, 2.75) is 32.1 Å². The molecule has 0 aliphatic heterocycles. The summed E-state index contributed by atoms with van der Waals surface area (Å²) in [5.74, 6) is -0.263. The molecule has 1 aliphatic rings. The summed E-state index contributed by atoms with van der Waals surface area (Å²) in [6.45, 7) is 1.01. The van der Waals surface area contributed by atoms with E-state index in [4.69, 9.17) is 5.11 Å². The summed E-state index contributed by atoms with van der Waals surface area (Å²) in [6.07, 6.45) is 5.32. The number of aliphatic carboxylic acids is 1. The summed E-state index contributed by atoms with van der Waals surface area (Å²) in [4.78, 5) is 13.1. The van der Waals surface area contributed by atoms with Crippen LogP contribution in [0.4, 0.5) is 0 Å². The summed E-state index contributed by atoms with van der Waals surface area (Å²) in [6, 6.07) is 0. The highest BCUT2D eigenvalue weighted by Gasteiger charge is 2.30. The van der Waals surface area contributed by atoms with Crippen LogP contribution in [0.5, 0.6) is 0 Å². The van der Waals surface area contributed by atoms with Crippen molar-refractivity contribution in [3.8, 4) is 0 Å². The second-order valence-electron chi connectivity index (χ2n) is 4.58. The molecule has 14 heavy (non-hydrogen) atoms. The van der Waals surface area contributed by atoms with Gasteiger partial charge in [0.05, 0.1) is 5.92 Å². The van der Waals surface area contributed by atoms with Crippen LogP contribution in [-0.2, 0) is 4.79 Å². The number of carboxylic acids is 1. The van der Waals surface area contributed by atoms with Gasteiger partial charge in [0.15, 0.2) is 0 Å². The largest absolute Gasteiger partial charge is 0.481 e. The monoisotopic (exact) mass is 199 g/mol. The van der Waals surface area contributed by atoms with Gasteiger partial charge in [0.25, 0.3) is 0 Å². The standard InChI is InChI=1S/C11H21NO2/c1-12(2)8-7-9-5-3-4-6-10(9)11(13)14/h9-10H,3-8H2,1-2H3,(H,13,14). The normalized spacial score (nSPS) is 27.9. The number of nitrogens with zero attached hydrogens (tertiary/aromatic N) is 1. The van der Waals surface area contributed by atoms with Crippen LogP contribution in [0, 0.1) is 11.8 Å². The van der Waals surface area contributed by atoms with E-state index in [1.165, 1.54) is 6.42 Å². The zero-order chi connectivity index (χ0) is 10.6. The van der Waals surface area contributed by atoms with Crippen molar-refractivity contribution >= 4 is 5.97 Å². The molecule has 82 valence electrons. The van der Waals surface area contributed by atoms with Crippen LogP contribution in [0.2, 0.25) is 0 Å². The Morgan fingerprint density at radius 1 is 1.36 bits per heavy atom. The molecule has 0 aromatic heterocycles. The molecule has 1 aliphatic carbocycles. The third kappa shape index (κ3) is 3.29. The van der Waals surface area contributed by atoms with E-state index < -0.39 is 5.97 Å². The van der Waals surface area contributed by atoms with Gasteiger partial charge in [-0.1, -0.05) is 12.8 Å². The predicted octanol–water partition coefficient (Wildman–Crippen LogP) is 1.83. The van der Waals surface area contributed by atoms with Crippen molar-refractivity contribution < 1.29 is 9.90 Å². The second kappa shape index (κ2) is 5.35. The van der Waals surface area contributed by atoms with E-state index in [-0.39, 0.29) is 5.92 Å². The molecule has 0 heterocycles. The lowest BCUT2D eigenvalue weighted by Gasteiger charge is -2.29. The first-order valence-corrected chi connectivity index (χ1v) is 5.49. The van der Waals surface area contributed by atoms with Crippen LogP contribution in [0.3, 0.4) is 0 Å². The lowest BCUT2D eigenvalue weighted by Crippen LogP contribution is -2.29. The number of hydrogen-bond donors (Lipinski definition) is 1. The quantitative estimate of drug-likeness (QED) is 0.751. The SMILES string of the molecule is CN(C)CCC1CCCCC1C(=O)O. The molecule has 1 saturated carbocycles. The molecule has 0 radical (unpaired) electrons. The molecule has 3 nitrogen and oxygen atoms in total. The molecule has 0 spiro atoms. The molecule has 1 fully saturated rings. The Morgan fingerprint density at radius 2 is 2.00 bits per heavy atom. The molecule has 0 saturated heterocycles. The third-order valence-corrected chi connectivity index (χ3v) is 3.17. The van der Waals surface area contributed by atoms with E-state index in [0.29, 0.717) is 5.92 Å². The fraction of sp³-hybridized carbons (Fsp3) is 0.909. The van der Waals surface area contributed by atoms with Crippen LogP contribution in [0.1, 0.15) is 32.1 Å². The van der Waals surface area contributed by atoms with E-state index in [9.17, 15) is 4.79 Å². The molecular weight excluding hydrogens is 178 g/mol. The maximum Gasteiger partial charge on any atom is 0.306 e. The molecule has 3 heteroatoms. The molecule has 0 aromatic rings. The number of carbonyl (C=O) groups is 1. The fourth-order valence-electron chi connectivity index (χ4n) is 2.30. The first-order valence-electron chi connectivity index (χ1n) is 5.49. The fourth-order valence-corrected chi connectivity index (χ4v) is 2.30. The Labute approximate surface area is 86.1 Å². The van der Waals surface area contributed by atoms with Gasteiger partial charge in [0.2, 0.25) is 0 Å². The lowest BCUT2D eigenvalue weighted by atomic mass is 9.77. The minimum absolute atomic E-state index is 0.0799. The van der Waals surface area contributed by atoms with E-state index in [1.54, 1.807) is 0 Å². The smallest absolute Gasteiger partial charge is 0.306 e. The molecule has 0 aromatic carbocycles. The van der Waals surface area contributed by atoms with Gasteiger partial charge in [0.1, 0.15) is 0 Å². The van der Waals surface area contributed by atoms with Crippen molar-refractivity contribution in [3.05, 3.63) is 0 Å². The van der Waals surface area contributed by atoms with Crippen LogP contribution in [-0.4, -0.2) is 36.6 Å².